The van der Waals surface area contributed by atoms with Gasteiger partial charge >= 0.3 is 11.9 Å². The SMILES string of the molecule is C.CC(C)(C)c1ccc(C[C@@H](O)C(=O)O)cc1.CC(C)(C)c1ccc(C[C@@H](O)C(=O)OCc2ccccc2)cc1. The first kappa shape index (κ1) is 34.5. The van der Waals surface area contributed by atoms with E-state index in [9.17, 15) is 19.8 Å². The summed E-state index contributed by atoms with van der Waals surface area (Å²) in [6.07, 6.45) is -2.04. The van der Waals surface area contributed by atoms with Crippen molar-refractivity contribution in [2.75, 3.05) is 0 Å². The fraction of sp³-hybridized carbons (Fsp3) is 0.412. The van der Waals surface area contributed by atoms with Crippen molar-refractivity contribution in [3.05, 3.63) is 107 Å². The monoisotopic (exact) mass is 550 g/mol. The van der Waals surface area contributed by atoms with E-state index in [4.69, 9.17) is 9.84 Å². The number of aliphatic carboxylic acids is 1. The average molecular weight is 551 g/mol. The fourth-order valence-electron chi connectivity index (χ4n) is 3.72. The summed E-state index contributed by atoms with van der Waals surface area (Å²) in [7, 11) is 0. The molecule has 0 saturated carbocycles. The summed E-state index contributed by atoms with van der Waals surface area (Å²) in [5.74, 6) is -1.77. The highest BCUT2D eigenvalue weighted by molar-refractivity contribution is 5.74. The van der Waals surface area contributed by atoms with Crippen molar-refractivity contribution in [1.29, 1.82) is 0 Å². The summed E-state index contributed by atoms with van der Waals surface area (Å²) in [5.41, 5.74) is 5.26. The highest BCUT2D eigenvalue weighted by atomic mass is 16.5. The molecule has 0 spiro atoms. The van der Waals surface area contributed by atoms with E-state index in [1.807, 2.05) is 78.9 Å². The Hall–Kier alpha value is -3.48. The second-order valence-corrected chi connectivity index (χ2v) is 11.8. The number of esters is 1. The molecule has 0 amide bonds. The maximum absolute atomic E-state index is 11.9. The highest BCUT2D eigenvalue weighted by Crippen LogP contribution is 2.23. The Bertz CT molecular complexity index is 1170. The molecule has 0 aromatic heterocycles. The number of carboxylic acids is 1. The second kappa shape index (κ2) is 15.3. The molecule has 0 unspecified atom stereocenters. The molecule has 3 N–H and O–H groups in total. The van der Waals surface area contributed by atoms with Gasteiger partial charge in [-0.05, 0) is 38.6 Å². The Balaban J connectivity index is 0.000000416. The van der Waals surface area contributed by atoms with Crippen LogP contribution in [0.15, 0.2) is 78.9 Å². The first-order valence-electron chi connectivity index (χ1n) is 13.1. The number of ether oxygens (including phenoxy) is 1. The lowest BCUT2D eigenvalue weighted by Gasteiger charge is -2.19. The highest BCUT2D eigenvalue weighted by Gasteiger charge is 2.19. The van der Waals surface area contributed by atoms with E-state index in [0.717, 1.165) is 16.7 Å². The lowest BCUT2D eigenvalue weighted by Crippen LogP contribution is -2.25. The molecule has 0 heterocycles. The fourth-order valence-corrected chi connectivity index (χ4v) is 3.72. The number of aliphatic hydroxyl groups is 2. The number of carbonyl (C=O) groups is 2. The zero-order valence-electron chi connectivity index (χ0n) is 23.8. The van der Waals surface area contributed by atoms with Crippen LogP contribution >= 0.6 is 0 Å². The van der Waals surface area contributed by atoms with E-state index in [0.29, 0.717) is 0 Å². The normalized spacial score (nSPS) is 12.7. The lowest BCUT2D eigenvalue weighted by molar-refractivity contribution is -0.154. The van der Waals surface area contributed by atoms with Gasteiger partial charge in [0.1, 0.15) is 6.61 Å². The molecule has 0 fully saturated rings. The number of aliphatic hydroxyl groups excluding tert-OH is 2. The van der Waals surface area contributed by atoms with Crippen molar-refractivity contribution in [2.24, 2.45) is 0 Å². The largest absolute Gasteiger partial charge is 0.479 e. The number of rotatable bonds is 8. The first-order chi connectivity index (χ1) is 18.2. The van der Waals surface area contributed by atoms with Crippen LogP contribution < -0.4 is 0 Å². The average Bonchev–Trinajstić information content (AvgIpc) is 2.87. The summed E-state index contributed by atoms with van der Waals surface area (Å²) in [5, 5.41) is 27.8. The van der Waals surface area contributed by atoms with Crippen LogP contribution in [0, 0.1) is 0 Å². The molecule has 6 heteroatoms. The maximum atomic E-state index is 11.9. The van der Waals surface area contributed by atoms with Crippen molar-refractivity contribution in [1.82, 2.24) is 0 Å². The van der Waals surface area contributed by atoms with Gasteiger partial charge in [0.05, 0.1) is 0 Å². The molecule has 3 rings (SSSR count). The van der Waals surface area contributed by atoms with Crippen LogP contribution in [0.5, 0.6) is 0 Å². The third kappa shape index (κ3) is 11.7. The molecule has 0 aliphatic rings. The molecular formula is C34H46O6. The molecule has 0 bridgehead atoms. The minimum atomic E-state index is -1.32. The molecule has 0 aliphatic heterocycles. The lowest BCUT2D eigenvalue weighted by atomic mass is 9.86. The van der Waals surface area contributed by atoms with Crippen molar-refractivity contribution in [3.63, 3.8) is 0 Å². The summed E-state index contributed by atoms with van der Waals surface area (Å²) >= 11 is 0. The van der Waals surface area contributed by atoms with E-state index in [1.165, 1.54) is 11.1 Å². The molecule has 0 radical (unpaired) electrons. The standard InChI is InChI=1S/C20H24O3.C13H18O3.CH4/c1-20(2,3)17-11-9-15(10-12-17)13-18(21)19(22)23-14-16-7-5-4-6-8-16;1-13(2,3)10-6-4-9(5-7-10)8-11(14)12(15)16;/h4-12,18,21H,13-14H2,1-3H3;4-7,11,14H,8H2,1-3H3,(H,15,16);1H4/t18-;11-;/m11./s1. The molecule has 0 saturated heterocycles. The van der Waals surface area contributed by atoms with Crippen LogP contribution in [0.2, 0.25) is 0 Å². The molecule has 3 aromatic carbocycles. The number of carboxylic acid groups (broad SMARTS) is 1. The zero-order valence-corrected chi connectivity index (χ0v) is 23.8. The van der Waals surface area contributed by atoms with E-state index in [2.05, 4.69) is 41.5 Å². The Labute approximate surface area is 239 Å². The minimum Gasteiger partial charge on any atom is -0.479 e. The number of hydrogen-bond acceptors (Lipinski definition) is 5. The van der Waals surface area contributed by atoms with Crippen molar-refractivity contribution < 1.29 is 29.6 Å². The Kier molecular flexibility index (Phi) is 13.3. The molecule has 6 nitrogen and oxygen atoms in total. The molecular weight excluding hydrogens is 504 g/mol. The van der Waals surface area contributed by atoms with Crippen LogP contribution in [0.4, 0.5) is 0 Å². The predicted octanol–water partition coefficient (Wildman–Crippen LogP) is 6.24. The number of benzene rings is 3. The summed E-state index contributed by atoms with van der Waals surface area (Å²) in [6.45, 7) is 13.0. The second-order valence-electron chi connectivity index (χ2n) is 11.8. The molecule has 2 atom stereocenters. The van der Waals surface area contributed by atoms with Crippen LogP contribution in [0.25, 0.3) is 0 Å². The summed E-state index contributed by atoms with van der Waals surface area (Å²) < 4.78 is 5.15. The van der Waals surface area contributed by atoms with Gasteiger partial charge in [-0.2, -0.15) is 0 Å². The first-order valence-corrected chi connectivity index (χ1v) is 13.1. The Morgan fingerprint density at radius 1 is 0.650 bits per heavy atom. The van der Waals surface area contributed by atoms with Crippen molar-refractivity contribution >= 4 is 11.9 Å². The topological polar surface area (TPSA) is 104 Å². The Morgan fingerprint density at radius 2 is 1.05 bits per heavy atom. The smallest absolute Gasteiger partial charge is 0.335 e. The van der Waals surface area contributed by atoms with Gasteiger partial charge in [-0.3, -0.25) is 0 Å². The van der Waals surface area contributed by atoms with Crippen molar-refractivity contribution in [2.45, 2.75) is 91.5 Å². The van der Waals surface area contributed by atoms with E-state index in [1.54, 1.807) is 0 Å². The van der Waals surface area contributed by atoms with E-state index in [-0.39, 0.29) is 37.7 Å². The van der Waals surface area contributed by atoms with Gasteiger partial charge in [0.25, 0.3) is 0 Å². The van der Waals surface area contributed by atoms with Gasteiger partial charge in [-0.15, -0.1) is 0 Å². The maximum Gasteiger partial charge on any atom is 0.335 e. The van der Waals surface area contributed by atoms with Crippen LogP contribution in [-0.4, -0.2) is 39.5 Å². The predicted molar refractivity (Wildman–Crippen MR) is 160 cm³/mol. The van der Waals surface area contributed by atoms with Crippen LogP contribution in [-0.2, 0) is 44.6 Å². The minimum absolute atomic E-state index is 0. The summed E-state index contributed by atoms with van der Waals surface area (Å²) in [4.78, 5) is 22.4. The van der Waals surface area contributed by atoms with E-state index >= 15 is 0 Å². The van der Waals surface area contributed by atoms with Gasteiger partial charge in [0.2, 0.25) is 0 Å². The van der Waals surface area contributed by atoms with Gasteiger partial charge in [0.15, 0.2) is 12.2 Å². The van der Waals surface area contributed by atoms with Gasteiger partial charge in [-0.1, -0.05) is 128 Å². The molecule has 218 valence electrons. The number of carbonyl (C=O) groups excluding carboxylic acids is 1. The van der Waals surface area contributed by atoms with Crippen LogP contribution in [0.3, 0.4) is 0 Å². The third-order valence-electron chi connectivity index (χ3n) is 6.28. The van der Waals surface area contributed by atoms with Gasteiger partial charge in [-0.25, -0.2) is 9.59 Å². The van der Waals surface area contributed by atoms with Crippen molar-refractivity contribution in [3.8, 4) is 0 Å². The molecule has 3 aromatic rings. The van der Waals surface area contributed by atoms with Gasteiger partial charge < -0.3 is 20.1 Å². The third-order valence-corrected chi connectivity index (χ3v) is 6.28. The van der Waals surface area contributed by atoms with Gasteiger partial charge in [0, 0.05) is 12.8 Å². The summed E-state index contributed by atoms with van der Waals surface area (Å²) in [6, 6.07) is 25.1. The van der Waals surface area contributed by atoms with E-state index < -0.39 is 24.1 Å². The Morgan fingerprint density at radius 3 is 1.43 bits per heavy atom. The number of hydrogen-bond donors (Lipinski definition) is 3. The van der Waals surface area contributed by atoms with Crippen LogP contribution in [0.1, 0.15) is 76.8 Å². The quantitative estimate of drug-likeness (QED) is 0.287. The molecule has 0 aliphatic carbocycles. The molecule has 40 heavy (non-hydrogen) atoms. The zero-order chi connectivity index (χ0) is 29.2.